The number of likely N-dealkylation sites (tertiary alicyclic amines) is 2. The average molecular weight is 282 g/mol. The molecular weight excluding hydrogens is 260 g/mol. The number of nitrogens with zero attached hydrogens (tertiary/aromatic N) is 3. The van der Waals surface area contributed by atoms with Crippen LogP contribution in [0, 0.1) is 0 Å². The predicted molar refractivity (Wildman–Crippen MR) is 72.5 cm³/mol. The van der Waals surface area contributed by atoms with Crippen molar-refractivity contribution in [2.75, 3.05) is 46.4 Å². The fourth-order valence-corrected chi connectivity index (χ4v) is 3.14. The van der Waals surface area contributed by atoms with Crippen LogP contribution in [0.4, 0.5) is 9.59 Å². The van der Waals surface area contributed by atoms with E-state index in [4.69, 9.17) is 4.74 Å². The maximum atomic E-state index is 12.1. The topological polar surface area (TPSA) is 65.1 Å². The third-order valence-corrected chi connectivity index (χ3v) is 4.55. The Morgan fingerprint density at radius 2 is 1.95 bits per heavy atom. The molecular formula is C13H22N4O3. The number of imide groups is 1. The van der Waals surface area contributed by atoms with Gasteiger partial charge in [0, 0.05) is 52.4 Å². The molecule has 3 saturated heterocycles. The molecule has 0 radical (unpaired) electrons. The van der Waals surface area contributed by atoms with Gasteiger partial charge in [-0.2, -0.15) is 0 Å². The number of nitrogens with one attached hydrogen (secondary N) is 1. The van der Waals surface area contributed by atoms with Crippen LogP contribution >= 0.6 is 0 Å². The fourth-order valence-electron chi connectivity index (χ4n) is 3.14. The van der Waals surface area contributed by atoms with Crippen LogP contribution in [-0.2, 0) is 4.74 Å². The highest BCUT2D eigenvalue weighted by molar-refractivity contribution is 5.95. The van der Waals surface area contributed by atoms with Crippen molar-refractivity contribution >= 4 is 12.1 Å². The van der Waals surface area contributed by atoms with Crippen LogP contribution in [0.1, 0.15) is 12.8 Å². The third kappa shape index (κ3) is 2.47. The number of methoxy groups -OCH3 is 1. The number of amides is 4. The van der Waals surface area contributed by atoms with Gasteiger partial charge in [0.15, 0.2) is 0 Å². The van der Waals surface area contributed by atoms with E-state index in [-0.39, 0.29) is 12.1 Å². The second-order valence-corrected chi connectivity index (χ2v) is 5.70. The van der Waals surface area contributed by atoms with Crippen molar-refractivity contribution in [2.45, 2.75) is 25.0 Å². The van der Waals surface area contributed by atoms with Crippen LogP contribution < -0.4 is 5.32 Å². The number of carbonyl (C=O) groups is 2. The van der Waals surface area contributed by atoms with E-state index in [0.717, 1.165) is 39.0 Å². The van der Waals surface area contributed by atoms with Gasteiger partial charge in [-0.15, -0.1) is 0 Å². The average Bonchev–Trinajstić information content (AvgIpc) is 2.84. The molecule has 4 amide bonds. The summed E-state index contributed by atoms with van der Waals surface area (Å²) < 4.78 is 5.37. The van der Waals surface area contributed by atoms with Crippen LogP contribution in [0.25, 0.3) is 0 Å². The molecule has 0 atom stereocenters. The Labute approximate surface area is 118 Å². The maximum absolute atomic E-state index is 12.1. The Kier molecular flexibility index (Phi) is 3.80. The molecule has 3 fully saturated rings. The number of rotatable bonds is 2. The lowest BCUT2D eigenvalue weighted by Gasteiger charge is -2.47. The molecule has 3 heterocycles. The summed E-state index contributed by atoms with van der Waals surface area (Å²) in [6, 6.07) is 0.0322. The molecule has 0 aromatic rings. The molecule has 20 heavy (non-hydrogen) atoms. The number of urea groups is 2. The van der Waals surface area contributed by atoms with Crippen LogP contribution in [-0.4, -0.2) is 85.3 Å². The van der Waals surface area contributed by atoms with Gasteiger partial charge in [-0.1, -0.05) is 0 Å². The van der Waals surface area contributed by atoms with E-state index in [1.54, 1.807) is 12.0 Å². The minimum Gasteiger partial charge on any atom is -0.381 e. The lowest BCUT2D eigenvalue weighted by molar-refractivity contribution is -0.00765. The predicted octanol–water partition coefficient (Wildman–Crippen LogP) is -0.0734. The molecule has 0 spiro atoms. The Hall–Kier alpha value is -1.34. The minimum absolute atomic E-state index is 0.150. The van der Waals surface area contributed by atoms with Crippen molar-refractivity contribution in [3.63, 3.8) is 0 Å². The first-order chi connectivity index (χ1) is 9.69. The van der Waals surface area contributed by atoms with Gasteiger partial charge in [-0.25, -0.2) is 14.5 Å². The largest absolute Gasteiger partial charge is 0.381 e. The summed E-state index contributed by atoms with van der Waals surface area (Å²) >= 11 is 0. The van der Waals surface area contributed by atoms with E-state index < -0.39 is 0 Å². The summed E-state index contributed by atoms with van der Waals surface area (Å²) in [6.45, 7) is 4.59. The summed E-state index contributed by atoms with van der Waals surface area (Å²) in [5.41, 5.74) is 0. The first-order valence-corrected chi connectivity index (χ1v) is 7.30. The Morgan fingerprint density at radius 1 is 1.25 bits per heavy atom. The van der Waals surface area contributed by atoms with Gasteiger partial charge in [0.2, 0.25) is 0 Å². The summed E-state index contributed by atoms with van der Waals surface area (Å²) in [5, 5.41) is 2.65. The molecule has 112 valence electrons. The SMILES string of the molecule is COC1CCN(C2CN(C(=O)N3CCNC3=O)C2)CC1. The van der Waals surface area contributed by atoms with Crippen molar-refractivity contribution in [3.8, 4) is 0 Å². The second kappa shape index (κ2) is 5.57. The van der Waals surface area contributed by atoms with Gasteiger partial charge in [0.05, 0.1) is 6.10 Å². The molecule has 3 rings (SSSR count). The van der Waals surface area contributed by atoms with E-state index in [1.165, 1.54) is 4.90 Å². The molecule has 3 aliphatic rings. The smallest absolute Gasteiger partial charge is 0.328 e. The molecule has 0 unspecified atom stereocenters. The molecule has 3 aliphatic heterocycles. The molecule has 0 aromatic carbocycles. The van der Waals surface area contributed by atoms with Crippen molar-refractivity contribution in [1.29, 1.82) is 0 Å². The standard InChI is InChI=1S/C13H22N4O3/c1-20-11-2-5-15(6-3-11)10-8-16(9-10)13(19)17-7-4-14-12(17)18/h10-11H,2-9H2,1H3,(H,14,18). The quantitative estimate of drug-likeness (QED) is 0.770. The van der Waals surface area contributed by atoms with Crippen molar-refractivity contribution in [3.05, 3.63) is 0 Å². The molecule has 7 nitrogen and oxygen atoms in total. The molecule has 0 aromatic heterocycles. The second-order valence-electron chi connectivity index (χ2n) is 5.70. The highest BCUT2D eigenvalue weighted by atomic mass is 16.5. The maximum Gasteiger partial charge on any atom is 0.328 e. The van der Waals surface area contributed by atoms with E-state index in [9.17, 15) is 9.59 Å². The summed E-state index contributed by atoms with van der Waals surface area (Å²) in [7, 11) is 1.77. The molecule has 0 aliphatic carbocycles. The van der Waals surface area contributed by atoms with E-state index in [0.29, 0.717) is 25.2 Å². The van der Waals surface area contributed by atoms with Crippen LogP contribution in [0.3, 0.4) is 0 Å². The highest BCUT2D eigenvalue weighted by Crippen LogP contribution is 2.22. The van der Waals surface area contributed by atoms with Gasteiger partial charge < -0.3 is 15.0 Å². The zero-order valence-electron chi connectivity index (χ0n) is 11.9. The number of piperidine rings is 1. The molecule has 7 heteroatoms. The number of hydrogen-bond donors (Lipinski definition) is 1. The highest BCUT2D eigenvalue weighted by Gasteiger charge is 2.40. The van der Waals surface area contributed by atoms with Crippen LogP contribution in [0.15, 0.2) is 0 Å². The fraction of sp³-hybridized carbons (Fsp3) is 0.846. The lowest BCUT2D eigenvalue weighted by atomic mass is 10.0. The molecule has 1 N–H and O–H groups in total. The van der Waals surface area contributed by atoms with Crippen molar-refractivity contribution < 1.29 is 14.3 Å². The van der Waals surface area contributed by atoms with Gasteiger partial charge in [0.1, 0.15) is 0 Å². The van der Waals surface area contributed by atoms with Gasteiger partial charge >= 0.3 is 12.1 Å². The van der Waals surface area contributed by atoms with E-state index >= 15 is 0 Å². The third-order valence-electron chi connectivity index (χ3n) is 4.55. The van der Waals surface area contributed by atoms with Crippen molar-refractivity contribution in [2.24, 2.45) is 0 Å². The number of hydrogen-bond acceptors (Lipinski definition) is 4. The molecule has 0 saturated carbocycles. The number of carbonyl (C=O) groups excluding carboxylic acids is 2. The lowest BCUT2D eigenvalue weighted by Crippen LogP contribution is -2.64. The monoisotopic (exact) mass is 282 g/mol. The Bertz CT molecular complexity index is 389. The van der Waals surface area contributed by atoms with E-state index in [2.05, 4.69) is 10.2 Å². The van der Waals surface area contributed by atoms with Crippen molar-refractivity contribution in [1.82, 2.24) is 20.0 Å². The van der Waals surface area contributed by atoms with Crippen LogP contribution in [0.5, 0.6) is 0 Å². The van der Waals surface area contributed by atoms with E-state index in [1.807, 2.05) is 0 Å². The molecule has 0 bridgehead atoms. The first kappa shape index (κ1) is 13.6. The zero-order valence-corrected chi connectivity index (χ0v) is 11.9. The van der Waals surface area contributed by atoms with Gasteiger partial charge in [-0.05, 0) is 12.8 Å². The summed E-state index contributed by atoms with van der Waals surface area (Å²) in [6.07, 6.45) is 2.52. The summed E-state index contributed by atoms with van der Waals surface area (Å²) in [5.74, 6) is 0. The Morgan fingerprint density at radius 3 is 2.50 bits per heavy atom. The van der Waals surface area contributed by atoms with Crippen LogP contribution in [0.2, 0.25) is 0 Å². The van der Waals surface area contributed by atoms with Gasteiger partial charge in [0.25, 0.3) is 0 Å². The number of ether oxygens (including phenoxy) is 1. The first-order valence-electron chi connectivity index (χ1n) is 7.30. The zero-order chi connectivity index (χ0) is 14.1. The minimum atomic E-state index is -0.264. The van der Waals surface area contributed by atoms with Gasteiger partial charge in [-0.3, -0.25) is 4.90 Å². The Balaban J connectivity index is 1.45. The normalized spacial score (nSPS) is 25.8. The summed E-state index contributed by atoms with van der Waals surface area (Å²) in [4.78, 5) is 29.1.